The lowest BCUT2D eigenvalue weighted by molar-refractivity contribution is 0.258. The van der Waals surface area contributed by atoms with Crippen molar-refractivity contribution in [1.29, 1.82) is 0 Å². The van der Waals surface area contributed by atoms with Crippen LogP contribution >= 0.6 is 0 Å². The Labute approximate surface area is 165 Å². The third-order valence-corrected chi connectivity index (χ3v) is 8.65. The normalized spacial score (nSPS) is 34.4. The van der Waals surface area contributed by atoms with Gasteiger partial charge in [0.2, 0.25) is 0 Å². The highest BCUT2D eigenvalue weighted by atomic mass is 16.5. The molecule has 3 nitrogen and oxygen atoms in total. The van der Waals surface area contributed by atoms with Crippen LogP contribution in [0.2, 0.25) is 0 Å². The molecule has 3 aliphatic carbocycles. The molecule has 7 rings (SSSR count). The third-order valence-electron chi connectivity index (χ3n) is 8.65. The Morgan fingerprint density at radius 2 is 1.71 bits per heavy atom. The number of aromatic nitrogens is 1. The van der Waals surface area contributed by atoms with Gasteiger partial charge in [0.1, 0.15) is 5.75 Å². The SMILES string of the molecule is COc1ccc2c(c1)C13Cc4nc5ccccc5cc4CC14CN(C)CC43C2. The van der Waals surface area contributed by atoms with Crippen LogP contribution in [0.1, 0.15) is 22.4 Å². The lowest BCUT2D eigenvalue weighted by Gasteiger charge is -2.35. The van der Waals surface area contributed by atoms with Gasteiger partial charge in [0.05, 0.1) is 12.6 Å². The van der Waals surface area contributed by atoms with Crippen molar-refractivity contribution in [1.82, 2.24) is 9.88 Å². The molecular weight excluding hydrogens is 344 g/mol. The lowest BCUT2D eigenvalue weighted by Crippen LogP contribution is -2.37. The highest BCUT2D eigenvalue weighted by molar-refractivity contribution is 5.80. The van der Waals surface area contributed by atoms with Gasteiger partial charge in [-0.2, -0.15) is 0 Å². The van der Waals surface area contributed by atoms with Crippen LogP contribution in [-0.2, 0) is 24.7 Å². The number of hydrogen-bond donors (Lipinski definition) is 0. The number of fused-ring (bicyclic) bond motifs is 3. The standard InChI is InChI=1S/C25H24N2O/c1-27-14-23-11-17-7-8-19(28-2)10-20(17)25(23)13-22-18(12-24(23,25)15-27)9-16-5-3-4-6-21(16)26-22/h3-10H,11-15H2,1-2H3. The Morgan fingerprint density at radius 3 is 2.54 bits per heavy atom. The molecule has 4 aliphatic rings. The van der Waals surface area contributed by atoms with E-state index in [0.717, 1.165) is 17.7 Å². The molecule has 28 heavy (non-hydrogen) atoms. The molecule has 1 saturated heterocycles. The van der Waals surface area contributed by atoms with E-state index in [9.17, 15) is 0 Å². The largest absolute Gasteiger partial charge is 0.497 e. The van der Waals surface area contributed by atoms with Crippen molar-refractivity contribution in [3.63, 3.8) is 0 Å². The zero-order valence-electron chi connectivity index (χ0n) is 16.5. The van der Waals surface area contributed by atoms with E-state index in [-0.39, 0.29) is 5.41 Å². The monoisotopic (exact) mass is 368 g/mol. The van der Waals surface area contributed by atoms with Crippen molar-refractivity contribution >= 4 is 10.9 Å². The number of hydrogen-bond acceptors (Lipinski definition) is 3. The molecule has 3 heteroatoms. The average molecular weight is 368 g/mol. The molecule has 2 fully saturated rings. The van der Waals surface area contributed by atoms with Gasteiger partial charge in [-0.3, -0.25) is 4.98 Å². The van der Waals surface area contributed by atoms with Crippen molar-refractivity contribution < 1.29 is 4.74 Å². The number of rotatable bonds is 1. The van der Waals surface area contributed by atoms with Crippen LogP contribution in [-0.4, -0.2) is 37.1 Å². The molecule has 2 heterocycles. The van der Waals surface area contributed by atoms with Crippen LogP contribution in [0.25, 0.3) is 10.9 Å². The van der Waals surface area contributed by atoms with Crippen LogP contribution < -0.4 is 4.74 Å². The molecule has 1 aliphatic heterocycles. The Bertz CT molecular complexity index is 1190. The lowest BCUT2D eigenvalue weighted by atomic mass is 9.72. The summed E-state index contributed by atoms with van der Waals surface area (Å²) in [5, 5.41) is 1.28. The first-order valence-electron chi connectivity index (χ1n) is 10.4. The molecule has 3 unspecified atom stereocenters. The van der Waals surface area contributed by atoms with E-state index in [2.05, 4.69) is 60.5 Å². The predicted molar refractivity (Wildman–Crippen MR) is 110 cm³/mol. The topological polar surface area (TPSA) is 25.4 Å². The molecule has 3 atom stereocenters. The zero-order valence-corrected chi connectivity index (χ0v) is 16.5. The minimum Gasteiger partial charge on any atom is -0.497 e. The van der Waals surface area contributed by atoms with Gasteiger partial charge in [-0.25, -0.2) is 0 Å². The van der Waals surface area contributed by atoms with Crippen molar-refractivity contribution in [2.75, 3.05) is 27.2 Å². The summed E-state index contributed by atoms with van der Waals surface area (Å²) in [7, 11) is 4.09. The second-order valence-electron chi connectivity index (χ2n) is 9.58. The minimum atomic E-state index is 0.249. The second kappa shape index (κ2) is 4.60. The Morgan fingerprint density at radius 1 is 0.929 bits per heavy atom. The second-order valence-corrected chi connectivity index (χ2v) is 9.58. The quantitative estimate of drug-likeness (QED) is 0.654. The van der Waals surface area contributed by atoms with E-state index in [1.54, 1.807) is 12.7 Å². The fourth-order valence-electron chi connectivity index (χ4n) is 7.82. The van der Waals surface area contributed by atoms with E-state index >= 15 is 0 Å². The molecule has 3 aromatic rings. The Hall–Kier alpha value is -2.39. The maximum atomic E-state index is 5.62. The number of benzene rings is 2. The van der Waals surface area contributed by atoms with E-state index < -0.39 is 0 Å². The summed E-state index contributed by atoms with van der Waals surface area (Å²) in [4.78, 5) is 7.73. The summed E-state index contributed by atoms with van der Waals surface area (Å²) in [5.41, 5.74) is 8.03. The number of nitrogens with zero attached hydrogens (tertiary/aromatic N) is 2. The van der Waals surface area contributed by atoms with Gasteiger partial charge in [-0.05, 0) is 60.8 Å². The molecule has 1 aromatic heterocycles. The van der Waals surface area contributed by atoms with Gasteiger partial charge in [0, 0.05) is 46.8 Å². The maximum absolute atomic E-state index is 5.62. The number of ether oxygens (including phenoxy) is 1. The van der Waals surface area contributed by atoms with Crippen molar-refractivity contribution in [2.24, 2.45) is 10.8 Å². The highest BCUT2D eigenvalue weighted by Gasteiger charge is 2.91. The van der Waals surface area contributed by atoms with Gasteiger partial charge in [-0.15, -0.1) is 0 Å². The Kier molecular flexibility index (Phi) is 2.55. The zero-order chi connectivity index (χ0) is 18.7. The number of likely N-dealkylation sites (tertiary alicyclic amines) is 1. The smallest absolute Gasteiger partial charge is 0.119 e. The molecule has 0 radical (unpaired) electrons. The number of piperidine rings is 1. The minimum absolute atomic E-state index is 0.249. The molecule has 3 spiro atoms. The molecule has 0 bridgehead atoms. The molecule has 140 valence electrons. The summed E-state index contributed by atoms with van der Waals surface area (Å²) in [6.45, 7) is 2.41. The number of para-hydroxylation sites is 1. The third kappa shape index (κ3) is 1.44. The van der Waals surface area contributed by atoms with Gasteiger partial charge >= 0.3 is 0 Å². The Balaban J connectivity index is 1.47. The van der Waals surface area contributed by atoms with Crippen LogP contribution in [0, 0.1) is 10.8 Å². The van der Waals surface area contributed by atoms with Crippen LogP contribution in [0.3, 0.4) is 0 Å². The number of methoxy groups -OCH3 is 1. The van der Waals surface area contributed by atoms with Gasteiger partial charge in [0.25, 0.3) is 0 Å². The van der Waals surface area contributed by atoms with Crippen molar-refractivity contribution in [3.05, 3.63) is 70.9 Å². The summed E-state index contributed by atoms with van der Waals surface area (Å²) >= 11 is 0. The van der Waals surface area contributed by atoms with Crippen LogP contribution in [0.15, 0.2) is 48.5 Å². The number of pyridine rings is 1. The van der Waals surface area contributed by atoms with Gasteiger partial charge in [-0.1, -0.05) is 24.3 Å². The average Bonchev–Trinajstić information content (AvgIpc) is 2.90. The van der Waals surface area contributed by atoms with E-state index in [0.29, 0.717) is 10.8 Å². The first-order chi connectivity index (χ1) is 13.6. The fraction of sp³-hybridized carbons (Fsp3) is 0.400. The molecule has 0 N–H and O–H groups in total. The summed E-state index contributed by atoms with van der Waals surface area (Å²) in [6, 6.07) is 17.8. The first kappa shape index (κ1) is 15.5. The van der Waals surface area contributed by atoms with E-state index in [1.807, 2.05) is 0 Å². The summed E-state index contributed by atoms with van der Waals surface area (Å²) in [5.74, 6) is 0.996. The van der Waals surface area contributed by atoms with Crippen molar-refractivity contribution in [3.8, 4) is 5.75 Å². The van der Waals surface area contributed by atoms with Crippen LogP contribution in [0.4, 0.5) is 0 Å². The van der Waals surface area contributed by atoms with Crippen molar-refractivity contribution in [2.45, 2.75) is 24.7 Å². The molecular formula is C25H24N2O. The maximum Gasteiger partial charge on any atom is 0.119 e. The predicted octanol–water partition coefficient (Wildman–Crippen LogP) is 3.77. The van der Waals surface area contributed by atoms with Crippen LogP contribution in [0.5, 0.6) is 5.75 Å². The molecule has 1 saturated carbocycles. The highest BCUT2D eigenvalue weighted by Crippen LogP contribution is 2.88. The van der Waals surface area contributed by atoms with E-state index in [4.69, 9.17) is 9.72 Å². The van der Waals surface area contributed by atoms with Gasteiger partial charge < -0.3 is 9.64 Å². The first-order valence-corrected chi connectivity index (χ1v) is 10.4. The summed E-state index contributed by atoms with van der Waals surface area (Å²) < 4.78 is 5.62. The van der Waals surface area contributed by atoms with E-state index in [1.165, 1.54) is 48.1 Å². The summed E-state index contributed by atoms with van der Waals surface area (Å²) in [6.07, 6.45) is 3.46. The molecule has 2 aromatic carbocycles. The fourth-order valence-corrected chi connectivity index (χ4v) is 7.82. The van der Waals surface area contributed by atoms with Gasteiger partial charge in [0.15, 0.2) is 0 Å². The molecule has 0 amide bonds.